The summed E-state index contributed by atoms with van der Waals surface area (Å²) in [5.74, 6) is -1.01. The Balaban J connectivity index is 4.01. The summed E-state index contributed by atoms with van der Waals surface area (Å²) in [5.41, 5.74) is 5.47. The SMILES string of the molecule is C[N]NC(=O)[C@H](CO)NC(=O)CS. The average Bonchev–Trinajstić information content (AvgIpc) is 2.14. The monoisotopic (exact) mass is 206 g/mol. The van der Waals surface area contributed by atoms with Crippen LogP contribution in [0.4, 0.5) is 0 Å². The fraction of sp³-hybridized carbons (Fsp3) is 0.667. The average molecular weight is 206 g/mol. The Morgan fingerprint density at radius 3 is 2.62 bits per heavy atom. The molecule has 6 nitrogen and oxygen atoms in total. The lowest BCUT2D eigenvalue weighted by atomic mass is 10.3. The molecule has 1 radical (unpaired) electrons. The molecule has 0 unspecified atom stereocenters. The molecule has 0 aromatic heterocycles. The largest absolute Gasteiger partial charge is 0.394 e. The zero-order valence-corrected chi connectivity index (χ0v) is 8.04. The first-order valence-electron chi connectivity index (χ1n) is 3.55. The van der Waals surface area contributed by atoms with Crippen molar-refractivity contribution in [2.24, 2.45) is 0 Å². The molecule has 7 heteroatoms. The highest BCUT2D eigenvalue weighted by molar-refractivity contribution is 7.81. The molecule has 0 aromatic rings. The molecule has 2 amide bonds. The summed E-state index contributed by atoms with van der Waals surface area (Å²) < 4.78 is 0. The summed E-state index contributed by atoms with van der Waals surface area (Å²) >= 11 is 3.70. The normalized spacial score (nSPS) is 11.9. The van der Waals surface area contributed by atoms with E-state index in [0.717, 1.165) is 0 Å². The van der Waals surface area contributed by atoms with Crippen LogP contribution < -0.4 is 16.2 Å². The number of rotatable bonds is 5. The van der Waals surface area contributed by atoms with Crippen molar-refractivity contribution in [3.8, 4) is 0 Å². The van der Waals surface area contributed by atoms with E-state index in [1.165, 1.54) is 7.05 Å². The summed E-state index contributed by atoms with van der Waals surface area (Å²) in [7, 11) is 1.38. The van der Waals surface area contributed by atoms with Crippen LogP contribution >= 0.6 is 12.6 Å². The third kappa shape index (κ3) is 4.71. The number of amides is 2. The molecule has 0 aliphatic carbocycles. The molecule has 0 bridgehead atoms. The minimum Gasteiger partial charge on any atom is -0.394 e. The second-order valence-corrected chi connectivity index (χ2v) is 2.48. The predicted octanol–water partition coefficient (Wildman–Crippen LogP) is -2.34. The third-order valence-corrected chi connectivity index (χ3v) is 1.49. The van der Waals surface area contributed by atoms with Gasteiger partial charge in [0.2, 0.25) is 5.91 Å². The molecule has 0 aromatic carbocycles. The summed E-state index contributed by atoms with van der Waals surface area (Å²) in [6, 6.07) is -0.969. The van der Waals surface area contributed by atoms with Crippen LogP contribution in [0.3, 0.4) is 0 Å². The van der Waals surface area contributed by atoms with Crippen LogP contribution in [0.2, 0.25) is 0 Å². The van der Waals surface area contributed by atoms with Gasteiger partial charge < -0.3 is 10.4 Å². The zero-order chi connectivity index (χ0) is 10.3. The van der Waals surface area contributed by atoms with Crippen LogP contribution in [0.5, 0.6) is 0 Å². The first-order valence-corrected chi connectivity index (χ1v) is 4.18. The van der Waals surface area contributed by atoms with Crippen LogP contribution in [-0.4, -0.2) is 42.4 Å². The molecule has 1 atom stereocenters. The number of carbonyl (C=O) groups is 2. The van der Waals surface area contributed by atoms with Gasteiger partial charge in [-0.15, -0.1) is 5.43 Å². The molecule has 0 fully saturated rings. The van der Waals surface area contributed by atoms with Crippen molar-refractivity contribution in [3.05, 3.63) is 0 Å². The van der Waals surface area contributed by atoms with Crippen molar-refractivity contribution in [3.63, 3.8) is 0 Å². The Morgan fingerprint density at radius 1 is 1.62 bits per heavy atom. The van der Waals surface area contributed by atoms with E-state index in [0.29, 0.717) is 0 Å². The number of hydrogen-bond donors (Lipinski definition) is 4. The van der Waals surface area contributed by atoms with Crippen LogP contribution in [0.15, 0.2) is 0 Å². The van der Waals surface area contributed by atoms with Gasteiger partial charge in [0.1, 0.15) is 6.04 Å². The molecule has 0 aliphatic heterocycles. The van der Waals surface area contributed by atoms with Crippen LogP contribution in [0.1, 0.15) is 0 Å². The lowest BCUT2D eigenvalue weighted by Crippen LogP contribution is -2.50. The number of aliphatic hydroxyl groups excluding tert-OH is 1. The summed E-state index contributed by atoms with van der Waals surface area (Å²) in [6.07, 6.45) is 0. The minimum absolute atomic E-state index is 0.0347. The van der Waals surface area contributed by atoms with Gasteiger partial charge >= 0.3 is 0 Å². The van der Waals surface area contributed by atoms with E-state index < -0.39 is 24.5 Å². The molecule has 13 heavy (non-hydrogen) atoms. The molecule has 75 valence electrons. The summed E-state index contributed by atoms with van der Waals surface area (Å²) in [6.45, 7) is -0.471. The highest BCUT2D eigenvalue weighted by atomic mass is 32.1. The first-order chi connectivity index (χ1) is 6.15. The molecule has 0 saturated heterocycles. The molecule has 0 heterocycles. The second-order valence-electron chi connectivity index (χ2n) is 2.16. The zero-order valence-electron chi connectivity index (χ0n) is 7.15. The van der Waals surface area contributed by atoms with Crippen molar-refractivity contribution >= 4 is 24.4 Å². The summed E-state index contributed by atoms with van der Waals surface area (Å²) in [5, 5.41) is 11.0. The Kier molecular flexibility index (Phi) is 6.29. The lowest BCUT2D eigenvalue weighted by molar-refractivity contribution is -0.129. The van der Waals surface area contributed by atoms with Crippen LogP contribution in [0, 0.1) is 0 Å². The molecular weight excluding hydrogens is 194 g/mol. The van der Waals surface area contributed by atoms with Gasteiger partial charge in [-0.2, -0.15) is 12.6 Å². The van der Waals surface area contributed by atoms with Crippen molar-refractivity contribution in [2.75, 3.05) is 19.4 Å². The molecule has 0 spiro atoms. The van der Waals surface area contributed by atoms with Gasteiger partial charge in [-0.05, 0) is 0 Å². The maximum Gasteiger partial charge on any atom is 0.260 e. The third-order valence-electron chi connectivity index (χ3n) is 1.20. The molecule has 0 aliphatic rings. The number of nitrogens with one attached hydrogen (secondary N) is 2. The quantitative estimate of drug-likeness (QED) is 0.300. The fourth-order valence-corrected chi connectivity index (χ4v) is 0.713. The molecular formula is C6H12N3O3S. The fourth-order valence-electron chi connectivity index (χ4n) is 0.622. The van der Waals surface area contributed by atoms with Gasteiger partial charge in [0.15, 0.2) is 0 Å². The predicted molar refractivity (Wildman–Crippen MR) is 49.1 cm³/mol. The highest BCUT2D eigenvalue weighted by Gasteiger charge is 2.18. The maximum absolute atomic E-state index is 11.0. The first kappa shape index (κ1) is 12.2. The number of hydrogen-bond acceptors (Lipinski definition) is 4. The van der Waals surface area contributed by atoms with Gasteiger partial charge in [0.25, 0.3) is 5.91 Å². The van der Waals surface area contributed by atoms with E-state index in [4.69, 9.17) is 5.11 Å². The Labute approximate surface area is 81.5 Å². The van der Waals surface area contributed by atoms with Crippen molar-refractivity contribution in [1.29, 1.82) is 0 Å². The van der Waals surface area contributed by atoms with Crippen molar-refractivity contribution in [2.45, 2.75) is 6.04 Å². The number of carbonyl (C=O) groups excluding carboxylic acids is 2. The number of nitrogens with zero attached hydrogens (tertiary/aromatic N) is 1. The van der Waals surface area contributed by atoms with Crippen molar-refractivity contribution in [1.82, 2.24) is 16.2 Å². The van der Waals surface area contributed by atoms with Gasteiger partial charge in [-0.25, -0.2) is 0 Å². The Bertz CT molecular complexity index is 188. The van der Waals surface area contributed by atoms with E-state index >= 15 is 0 Å². The van der Waals surface area contributed by atoms with E-state index in [2.05, 4.69) is 28.8 Å². The van der Waals surface area contributed by atoms with Crippen molar-refractivity contribution < 1.29 is 14.7 Å². The van der Waals surface area contributed by atoms with Gasteiger partial charge in [0, 0.05) is 7.05 Å². The van der Waals surface area contributed by atoms with Crippen LogP contribution in [-0.2, 0) is 9.59 Å². The van der Waals surface area contributed by atoms with E-state index in [-0.39, 0.29) is 5.75 Å². The van der Waals surface area contributed by atoms with E-state index in [1.54, 1.807) is 0 Å². The van der Waals surface area contributed by atoms with Gasteiger partial charge in [0.05, 0.1) is 12.4 Å². The summed E-state index contributed by atoms with van der Waals surface area (Å²) in [4.78, 5) is 21.8. The van der Waals surface area contributed by atoms with Crippen LogP contribution in [0.25, 0.3) is 0 Å². The van der Waals surface area contributed by atoms with Gasteiger partial charge in [-0.3, -0.25) is 15.0 Å². The number of thiol groups is 1. The minimum atomic E-state index is -0.969. The molecule has 0 saturated carbocycles. The molecule has 3 N–H and O–H groups in total. The smallest absolute Gasteiger partial charge is 0.260 e. The van der Waals surface area contributed by atoms with E-state index in [9.17, 15) is 9.59 Å². The highest BCUT2D eigenvalue weighted by Crippen LogP contribution is 1.83. The standard InChI is InChI=1S/C6H12N3O3S/c1-7-9-6(12)4(2-10)8-5(11)3-13/h4,10,13H,2-3H2,1H3,(H,8,11)(H,9,12)/t4-/m0/s1. The Hall–Kier alpha value is -0.790. The topological polar surface area (TPSA) is 92.5 Å². The van der Waals surface area contributed by atoms with E-state index in [1.807, 2.05) is 0 Å². The second kappa shape index (κ2) is 6.70. The van der Waals surface area contributed by atoms with Gasteiger partial charge in [-0.1, -0.05) is 0 Å². The molecule has 0 rings (SSSR count). The number of aliphatic hydroxyl groups is 1. The Morgan fingerprint density at radius 2 is 2.23 bits per heavy atom. The lowest BCUT2D eigenvalue weighted by Gasteiger charge is -2.13. The maximum atomic E-state index is 11.0.